The molecule has 22 heteroatoms. The number of fused-ring (bicyclic) bond motifs is 2. The minimum atomic E-state index is -4.64. The number of amides is 2. The van der Waals surface area contributed by atoms with E-state index >= 15 is 0 Å². The number of aliphatic hydroxyl groups is 2. The van der Waals surface area contributed by atoms with Crippen LogP contribution >= 0.6 is 0 Å². The predicted octanol–water partition coefficient (Wildman–Crippen LogP) is 5.33. The molecule has 0 radical (unpaired) electrons. The largest absolute Gasteiger partial charge is 0.490 e. The summed E-state index contributed by atoms with van der Waals surface area (Å²) in [6.45, 7) is 8.95. The lowest BCUT2D eigenvalue weighted by Crippen LogP contribution is -2.43. The zero-order valence-corrected chi connectivity index (χ0v) is 40.1. The van der Waals surface area contributed by atoms with Crippen LogP contribution in [-0.2, 0) is 39.4 Å². The first-order valence-corrected chi connectivity index (χ1v) is 23.8. The van der Waals surface area contributed by atoms with Gasteiger partial charge in [-0.2, -0.15) is 13.2 Å². The summed E-state index contributed by atoms with van der Waals surface area (Å²) in [5.74, 6) is -0.349. The number of pyridine rings is 1. The van der Waals surface area contributed by atoms with Crippen LogP contribution in [0.4, 0.5) is 30.5 Å². The smallest absolute Gasteiger partial charge is 0.416 e. The summed E-state index contributed by atoms with van der Waals surface area (Å²) in [6, 6.07) is 11.7. The Balaban J connectivity index is 0.712. The van der Waals surface area contributed by atoms with Gasteiger partial charge in [0, 0.05) is 59.2 Å². The molecule has 388 valence electrons. The maximum atomic E-state index is 13.8. The number of aromatic nitrogens is 5. The second-order valence-electron chi connectivity index (χ2n) is 17.3. The molecule has 0 aliphatic heterocycles. The van der Waals surface area contributed by atoms with E-state index < -0.39 is 29.9 Å². The first kappa shape index (κ1) is 53.7. The molecule has 72 heavy (non-hydrogen) atoms. The number of alkyl halides is 3. The number of imidazole rings is 1. The Kier molecular flexibility index (Phi) is 19.8. The number of nitrogens with zero attached hydrogens (tertiary/aromatic N) is 5. The van der Waals surface area contributed by atoms with Gasteiger partial charge in [0.2, 0.25) is 11.9 Å². The van der Waals surface area contributed by atoms with E-state index in [0.29, 0.717) is 127 Å². The van der Waals surface area contributed by atoms with E-state index in [9.17, 15) is 33.0 Å². The summed E-state index contributed by atoms with van der Waals surface area (Å²) in [5, 5.41) is 28.6. The number of hydrogen-bond donors (Lipinski definition) is 5. The van der Waals surface area contributed by atoms with Gasteiger partial charge in [-0.3, -0.25) is 14.6 Å². The summed E-state index contributed by atoms with van der Waals surface area (Å²) in [7, 11) is 0. The Labute approximate surface area is 414 Å². The molecule has 3 aromatic heterocycles. The van der Waals surface area contributed by atoms with E-state index in [1.54, 1.807) is 62.0 Å². The minimum Gasteiger partial charge on any atom is -0.490 e. The normalized spacial score (nSPS) is 18.3. The monoisotopic (exact) mass is 1010 g/mol. The van der Waals surface area contributed by atoms with E-state index in [1.165, 1.54) is 17.0 Å². The van der Waals surface area contributed by atoms with Crippen LogP contribution in [0.15, 0.2) is 79.6 Å². The van der Waals surface area contributed by atoms with Gasteiger partial charge in [-0.05, 0) is 86.6 Å². The zero-order valence-electron chi connectivity index (χ0n) is 40.1. The van der Waals surface area contributed by atoms with E-state index in [-0.39, 0.29) is 53.2 Å². The lowest BCUT2D eigenvalue weighted by Gasteiger charge is -2.28. The Morgan fingerprint density at radius 2 is 1.43 bits per heavy atom. The quantitative estimate of drug-likeness (QED) is 0.0381. The van der Waals surface area contributed by atoms with Crippen molar-refractivity contribution in [3.8, 4) is 22.7 Å². The summed E-state index contributed by atoms with van der Waals surface area (Å²) < 4.78 is 82.0. The van der Waals surface area contributed by atoms with Crippen molar-refractivity contribution in [3.63, 3.8) is 0 Å². The number of aryl methyl sites for hydroxylation is 2. The molecule has 7 rings (SSSR count). The van der Waals surface area contributed by atoms with Crippen molar-refractivity contribution < 1.29 is 66.1 Å². The van der Waals surface area contributed by atoms with Gasteiger partial charge in [-0.1, -0.05) is 6.07 Å². The number of carbonyl (C=O) groups is 2. The average Bonchev–Trinajstić information content (AvgIpc) is 4.09. The third-order valence-corrected chi connectivity index (χ3v) is 12.1. The number of benzene rings is 2. The molecule has 0 spiro atoms. The molecule has 2 aromatic carbocycles. The van der Waals surface area contributed by atoms with E-state index in [2.05, 4.69) is 35.9 Å². The molecule has 0 unspecified atom stereocenters. The van der Waals surface area contributed by atoms with Crippen LogP contribution in [0.1, 0.15) is 40.0 Å². The summed E-state index contributed by atoms with van der Waals surface area (Å²) >= 11 is 0. The molecule has 19 nitrogen and oxygen atoms in total. The zero-order chi connectivity index (χ0) is 50.9. The fraction of sp³-hybridized carbons (Fsp3) is 0.480. The molecule has 2 fully saturated rings. The third kappa shape index (κ3) is 15.7. The van der Waals surface area contributed by atoms with Crippen molar-refractivity contribution in [2.45, 2.75) is 45.1 Å². The summed E-state index contributed by atoms with van der Waals surface area (Å²) in [6.07, 6.45) is 2.95. The number of anilines is 3. The molecule has 2 amide bonds. The number of hydrogen-bond acceptors (Lipinski definition) is 16. The van der Waals surface area contributed by atoms with Crippen molar-refractivity contribution in [1.29, 1.82) is 0 Å². The molecule has 2 saturated carbocycles. The maximum absolute atomic E-state index is 13.8. The SMILES string of the molecule is Cc1cn(-c2cc(NC(=O)c3ccc(C)c(Nc4nccc(-c5cncc(OCCOCCOCCOCCOCCOCCOCCNC(=O)[C@H]6C[C@@H]7C[C@H]6[C@@H](O)[C@H]7O)c5)n4)c3)cc(C(F)(F)F)c2)cn1. The van der Waals surface area contributed by atoms with Crippen LogP contribution < -0.4 is 20.7 Å². The number of ether oxygens (including phenoxy) is 7. The number of nitrogens with one attached hydrogen (secondary N) is 3. The molecule has 5 aromatic rings. The number of carbonyl (C=O) groups excluding carboxylic acids is 2. The van der Waals surface area contributed by atoms with Crippen LogP contribution in [0.2, 0.25) is 0 Å². The highest BCUT2D eigenvalue weighted by Crippen LogP contribution is 2.48. The molecule has 5 N–H and O–H groups in total. The van der Waals surface area contributed by atoms with Crippen LogP contribution in [0.5, 0.6) is 5.75 Å². The van der Waals surface area contributed by atoms with Gasteiger partial charge in [0.25, 0.3) is 5.91 Å². The van der Waals surface area contributed by atoms with Gasteiger partial charge in [0.05, 0.1) is 121 Å². The van der Waals surface area contributed by atoms with E-state index in [0.717, 1.165) is 17.7 Å². The molecule has 0 saturated heterocycles. The first-order chi connectivity index (χ1) is 34.8. The lowest BCUT2D eigenvalue weighted by atomic mass is 9.84. The van der Waals surface area contributed by atoms with E-state index in [1.807, 2.05) is 6.92 Å². The number of rotatable bonds is 29. The number of aliphatic hydroxyl groups excluding tert-OH is 2. The molecule has 2 aliphatic carbocycles. The van der Waals surface area contributed by atoms with E-state index in [4.69, 9.17) is 33.2 Å². The molecular formula is C50H61F3N8O11. The molecule has 2 bridgehead atoms. The van der Waals surface area contributed by atoms with Crippen molar-refractivity contribution >= 4 is 29.1 Å². The van der Waals surface area contributed by atoms with Crippen molar-refractivity contribution in [2.24, 2.45) is 17.8 Å². The predicted molar refractivity (Wildman–Crippen MR) is 256 cm³/mol. The Morgan fingerprint density at radius 1 is 0.764 bits per heavy atom. The average molecular weight is 1010 g/mol. The van der Waals surface area contributed by atoms with Gasteiger partial charge >= 0.3 is 6.18 Å². The van der Waals surface area contributed by atoms with Crippen LogP contribution in [-0.4, -0.2) is 151 Å². The Hall–Kier alpha value is -6.11. The summed E-state index contributed by atoms with van der Waals surface area (Å²) in [4.78, 5) is 43.2. The molecule has 5 atom stereocenters. The number of halogens is 3. The maximum Gasteiger partial charge on any atom is 0.416 e. The first-order valence-electron chi connectivity index (χ1n) is 23.8. The van der Waals surface area contributed by atoms with Crippen molar-refractivity contribution in [3.05, 3.63) is 102 Å². The topological polar surface area (TPSA) is 232 Å². The van der Waals surface area contributed by atoms with Crippen molar-refractivity contribution in [2.75, 3.05) is 103 Å². The van der Waals surface area contributed by atoms with Gasteiger partial charge in [0.15, 0.2) is 0 Å². The highest BCUT2D eigenvalue weighted by Gasteiger charge is 2.53. The Bertz CT molecular complexity index is 2530. The van der Waals surface area contributed by atoms with Gasteiger partial charge in [-0.25, -0.2) is 15.0 Å². The fourth-order valence-electron chi connectivity index (χ4n) is 8.40. The van der Waals surface area contributed by atoms with Crippen LogP contribution in [0.25, 0.3) is 16.9 Å². The molecule has 2 aliphatic rings. The molecule has 3 heterocycles. The molecular weight excluding hydrogens is 946 g/mol. The Morgan fingerprint density at radius 3 is 2.06 bits per heavy atom. The standard InChI is InChI=1S/C50H61F3N8O11/c1-32-3-4-34(47(64)58-38-25-37(50(51,52)53)26-39(27-38)61-30-33(2)57-31-61)24-44(32)60-49-56-6-5-43(59-49)36-21-40(29-54-28-36)72-20-19-71-18-17-70-16-15-69-14-13-68-12-11-67-10-9-66-8-7-55-48(65)42-23-35-22-41(42)46(63)45(35)62/h3-6,21,24-31,35,41-42,45-46,62-63H,7-20,22-23H2,1-2H3,(H,55,65)(H,58,64)(H,56,59,60)/t35-,41+,42-,45-,46+/m0/s1. The van der Waals surface area contributed by atoms with Gasteiger partial charge in [-0.15, -0.1) is 0 Å². The highest BCUT2D eigenvalue weighted by molar-refractivity contribution is 6.05. The second kappa shape index (κ2) is 26.5. The van der Waals surface area contributed by atoms with Crippen molar-refractivity contribution in [1.82, 2.24) is 29.8 Å². The highest BCUT2D eigenvalue weighted by atomic mass is 19.4. The lowest BCUT2D eigenvalue weighted by molar-refractivity contribution is -0.137. The second-order valence-corrected chi connectivity index (χ2v) is 17.3. The minimum absolute atomic E-state index is 0.0105. The fourth-order valence-corrected chi connectivity index (χ4v) is 8.40. The van der Waals surface area contributed by atoms with Crippen LogP contribution in [0, 0.1) is 31.6 Å². The van der Waals surface area contributed by atoms with Crippen LogP contribution in [0.3, 0.4) is 0 Å². The van der Waals surface area contributed by atoms with Gasteiger partial charge in [0.1, 0.15) is 12.4 Å². The third-order valence-electron chi connectivity index (χ3n) is 12.1. The summed E-state index contributed by atoms with van der Waals surface area (Å²) in [5.41, 5.74) is 2.56. The van der Waals surface area contributed by atoms with Gasteiger partial charge < -0.3 is 63.9 Å².